The van der Waals surface area contributed by atoms with Crippen molar-refractivity contribution in [2.75, 3.05) is 0 Å². The van der Waals surface area contributed by atoms with Crippen LogP contribution in [0.4, 0.5) is 0 Å². The van der Waals surface area contributed by atoms with Gasteiger partial charge in [0.05, 0.1) is 10.7 Å². The van der Waals surface area contributed by atoms with Crippen LogP contribution in [0.3, 0.4) is 0 Å². The largest absolute Gasteiger partial charge is 0.449 e. The van der Waals surface area contributed by atoms with Gasteiger partial charge in [-0.15, -0.1) is 11.3 Å². The van der Waals surface area contributed by atoms with Crippen molar-refractivity contribution < 1.29 is 9.53 Å². The Morgan fingerprint density at radius 1 is 1.12 bits per heavy atom. The number of aromatic nitrogens is 2. The van der Waals surface area contributed by atoms with E-state index in [1.54, 1.807) is 29.8 Å². The molecule has 0 N–H and O–H groups in total. The van der Waals surface area contributed by atoms with Gasteiger partial charge >= 0.3 is 5.97 Å². The van der Waals surface area contributed by atoms with Crippen LogP contribution in [0.25, 0.3) is 6.08 Å². The summed E-state index contributed by atoms with van der Waals surface area (Å²) in [6, 6.07) is 13.3. The average molecular weight is 336 g/mol. The number of esters is 1. The minimum absolute atomic E-state index is 0.411. The van der Waals surface area contributed by atoms with Gasteiger partial charge in [0, 0.05) is 29.4 Å². The second kappa shape index (κ2) is 7.66. The molecule has 1 aromatic carbocycles. The lowest BCUT2D eigenvalue weighted by Gasteiger charge is -2.17. The van der Waals surface area contributed by atoms with Crippen LogP contribution in [-0.4, -0.2) is 15.9 Å². The van der Waals surface area contributed by atoms with Crippen molar-refractivity contribution in [2.45, 2.75) is 13.0 Å². The van der Waals surface area contributed by atoms with Crippen LogP contribution in [0, 0.1) is 6.92 Å². The molecule has 0 bridgehead atoms. The molecule has 1 unspecified atom stereocenters. The van der Waals surface area contributed by atoms with Crippen LogP contribution in [0.5, 0.6) is 0 Å². The first kappa shape index (κ1) is 16.1. The summed E-state index contributed by atoms with van der Waals surface area (Å²) in [5, 5.41) is 2.86. The quantitative estimate of drug-likeness (QED) is 0.518. The van der Waals surface area contributed by atoms with Crippen molar-refractivity contribution in [2.24, 2.45) is 0 Å². The number of carbonyl (C=O) groups excluding carboxylic acids is 1. The zero-order valence-electron chi connectivity index (χ0n) is 13.1. The van der Waals surface area contributed by atoms with Crippen LogP contribution in [0.1, 0.15) is 27.9 Å². The van der Waals surface area contributed by atoms with E-state index in [0.717, 1.165) is 21.8 Å². The Morgan fingerprint density at radius 3 is 2.50 bits per heavy atom. The first-order valence-corrected chi connectivity index (χ1v) is 8.36. The van der Waals surface area contributed by atoms with Crippen LogP contribution < -0.4 is 0 Å². The lowest BCUT2D eigenvalue weighted by molar-refractivity contribution is -0.141. The fourth-order valence-electron chi connectivity index (χ4n) is 2.26. The van der Waals surface area contributed by atoms with E-state index in [-0.39, 0.29) is 0 Å². The van der Waals surface area contributed by atoms with Gasteiger partial charge in [0.2, 0.25) is 0 Å². The van der Waals surface area contributed by atoms with Crippen molar-refractivity contribution in [1.82, 2.24) is 9.97 Å². The first-order valence-electron chi connectivity index (χ1n) is 7.48. The number of rotatable bonds is 5. The maximum atomic E-state index is 12.2. The third kappa shape index (κ3) is 4.14. The molecule has 4 nitrogen and oxygen atoms in total. The molecule has 24 heavy (non-hydrogen) atoms. The number of nitrogens with zero attached hydrogens (tertiary/aromatic N) is 2. The van der Waals surface area contributed by atoms with E-state index < -0.39 is 12.1 Å². The van der Waals surface area contributed by atoms with Gasteiger partial charge in [0.25, 0.3) is 0 Å². The number of pyridine rings is 1. The molecule has 0 aliphatic rings. The van der Waals surface area contributed by atoms with Gasteiger partial charge in [0.1, 0.15) is 0 Å². The Labute approximate surface area is 144 Å². The average Bonchev–Trinajstić information content (AvgIpc) is 3.05. The molecule has 2 aromatic heterocycles. The van der Waals surface area contributed by atoms with Gasteiger partial charge in [0.15, 0.2) is 6.10 Å². The Morgan fingerprint density at radius 2 is 1.83 bits per heavy atom. The third-order valence-corrected chi connectivity index (χ3v) is 4.16. The van der Waals surface area contributed by atoms with E-state index in [0.29, 0.717) is 0 Å². The molecule has 5 heteroatoms. The molecule has 2 heterocycles. The lowest BCUT2D eigenvalue weighted by atomic mass is 10.0. The molecule has 0 amide bonds. The molecule has 0 fully saturated rings. The predicted molar refractivity (Wildman–Crippen MR) is 94.5 cm³/mol. The number of hydrogen-bond donors (Lipinski definition) is 0. The second-order valence-corrected chi connectivity index (χ2v) is 6.20. The van der Waals surface area contributed by atoms with Crippen LogP contribution >= 0.6 is 11.3 Å². The van der Waals surface area contributed by atoms with Crippen molar-refractivity contribution in [3.05, 3.63) is 88.1 Å². The highest BCUT2D eigenvalue weighted by atomic mass is 32.1. The van der Waals surface area contributed by atoms with Crippen molar-refractivity contribution >= 4 is 23.4 Å². The molecule has 120 valence electrons. The highest BCUT2D eigenvalue weighted by Gasteiger charge is 2.17. The summed E-state index contributed by atoms with van der Waals surface area (Å²) in [5.74, 6) is -0.411. The summed E-state index contributed by atoms with van der Waals surface area (Å²) < 4.78 is 5.67. The van der Waals surface area contributed by atoms with Gasteiger partial charge in [-0.2, -0.15) is 0 Å². The normalized spacial score (nSPS) is 12.2. The first-order chi connectivity index (χ1) is 11.7. The fourth-order valence-corrected chi connectivity index (χ4v) is 2.84. The summed E-state index contributed by atoms with van der Waals surface area (Å²) in [5.41, 5.74) is 2.55. The van der Waals surface area contributed by atoms with E-state index in [4.69, 9.17) is 4.74 Å². The smallest absolute Gasteiger partial charge is 0.331 e. The molecule has 3 rings (SSSR count). The SMILES string of the molecule is Cc1nc(C=CC(=O)OC(c2ccccc2)c2ccncc2)cs1. The van der Waals surface area contributed by atoms with Crippen molar-refractivity contribution in [3.8, 4) is 0 Å². The number of thiazole rings is 1. The van der Waals surface area contributed by atoms with Gasteiger partial charge in [-0.05, 0) is 30.7 Å². The van der Waals surface area contributed by atoms with Gasteiger partial charge in [-0.3, -0.25) is 4.98 Å². The van der Waals surface area contributed by atoms with E-state index in [9.17, 15) is 4.79 Å². The minimum Gasteiger partial charge on any atom is -0.449 e. The zero-order chi connectivity index (χ0) is 16.8. The molecule has 1 atom stereocenters. The third-order valence-electron chi connectivity index (χ3n) is 3.37. The molecule has 0 spiro atoms. The van der Waals surface area contributed by atoms with Gasteiger partial charge in [-0.1, -0.05) is 30.3 Å². The minimum atomic E-state index is -0.469. The standard InChI is InChI=1S/C19H16N2O2S/c1-14-21-17(13-24-14)7-8-18(22)23-19(15-5-3-2-4-6-15)16-9-11-20-12-10-16/h2-13,19H,1H3. The molecule has 0 radical (unpaired) electrons. The van der Waals surface area contributed by atoms with Crippen molar-refractivity contribution in [3.63, 3.8) is 0 Å². The number of aryl methyl sites for hydroxylation is 1. The summed E-state index contributed by atoms with van der Waals surface area (Å²) in [4.78, 5) is 20.5. The summed E-state index contributed by atoms with van der Waals surface area (Å²) >= 11 is 1.54. The number of ether oxygens (including phenoxy) is 1. The monoisotopic (exact) mass is 336 g/mol. The van der Waals surface area contributed by atoms with Gasteiger partial charge in [-0.25, -0.2) is 9.78 Å². The molecule has 3 aromatic rings. The molecule has 0 saturated carbocycles. The number of benzene rings is 1. The Bertz CT molecular complexity index is 789. The lowest BCUT2D eigenvalue weighted by Crippen LogP contribution is -2.11. The summed E-state index contributed by atoms with van der Waals surface area (Å²) in [6.07, 6.45) is 5.98. The van der Waals surface area contributed by atoms with E-state index in [2.05, 4.69) is 9.97 Å². The highest BCUT2D eigenvalue weighted by molar-refractivity contribution is 7.09. The topological polar surface area (TPSA) is 52.1 Å². The maximum absolute atomic E-state index is 12.2. The molecular weight excluding hydrogens is 320 g/mol. The Hall–Kier alpha value is -2.79. The number of carbonyl (C=O) groups is 1. The second-order valence-electron chi connectivity index (χ2n) is 5.13. The maximum Gasteiger partial charge on any atom is 0.331 e. The van der Waals surface area contributed by atoms with Crippen molar-refractivity contribution in [1.29, 1.82) is 0 Å². The zero-order valence-corrected chi connectivity index (χ0v) is 13.9. The highest BCUT2D eigenvalue weighted by Crippen LogP contribution is 2.25. The molecular formula is C19H16N2O2S. The van der Waals surface area contributed by atoms with Crippen LogP contribution in [0.15, 0.2) is 66.3 Å². The molecule has 0 saturated heterocycles. The molecule has 0 aliphatic heterocycles. The predicted octanol–water partition coefficient (Wildman–Crippen LogP) is 4.19. The Balaban J connectivity index is 1.79. The van der Waals surface area contributed by atoms with E-state index in [1.807, 2.05) is 54.8 Å². The van der Waals surface area contributed by atoms with E-state index >= 15 is 0 Å². The molecule has 0 aliphatic carbocycles. The van der Waals surface area contributed by atoms with Crippen LogP contribution in [0.2, 0.25) is 0 Å². The summed E-state index contributed by atoms with van der Waals surface area (Å²) in [7, 11) is 0. The fraction of sp³-hybridized carbons (Fsp3) is 0.105. The van der Waals surface area contributed by atoms with Crippen LogP contribution in [-0.2, 0) is 9.53 Å². The van der Waals surface area contributed by atoms with E-state index in [1.165, 1.54) is 6.08 Å². The number of hydrogen-bond acceptors (Lipinski definition) is 5. The summed E-state index contributed by atoms with van der Waals surface area (Å²) in [6.45, 7) is 1.93. The Kier molecular flexibility index (Phi) is 5.13. The van der Waals surface area contributed by atoms with Gasteiger partial charge < -0.3 is 4.74 Å².